The third-order valence-corrected chi connectivity index (χ3v) is 4.58. The van der Waals surface area contributed by atoms with Crippen LogP contribution >= 0.6 is 0 Å². The van der Waals surface area contributed by atoms with Crippen LogP contribution in [0.4, 0.5) is 0 Å². The van der Waals surface area contributed by atoms with Crippen LogP contribution in [-0.4, -0.2) is 51.7 Å². The standard InChI is InChI=1S/C19H22N6O3/c1-12(18(22)26)28-17-9-16(19(27)24-8-2-3-14(21)11-24)23-25(17)15-6-4-13(10-20)5-7-15/h4-7,9,12,14H,2-3,8,11,21H2,1H3,(H2,22,26)/t12?,14-/m1/s1. The number of rotatable bonds is 5. The highest BCUT2D eigenvalue weighted by atomic mass is 16.5. The number of hydrogen-bond donors (Lipinski definition) is 2. The quantitative estimate of drug-likeness (QED) is 0.774. The molecule has 1 fully saturated rings. The van der Waals surface area contributed by atoms with Crippen molar-refractivity contribution in [2.75, 3.05) is 13.1 Å². The minimum atomic E-state index is -0.903. The highest BCUT2D eigenvalue weighted by Crippen LogP contribution is 2.23. The van der Waals surface area contributed by atoms with Gasteiger partial charge >= 0.3 is 0 Å². The maximum Gasteiger partial charge on any atom is 0.274 e. The van der Waals surface area contributed by atoms with Gasteiger partial charge in [0, 0.05) is 25.2 Å². The molecule has 2 heterocycles. The molecule has 2 amide bonds. The lowest BCUT2D eigenvalue weighted by molar-refractivity contribution is -0.124. The molecule has 9 heteroatoms. The van der Waals surface area contributed by atoms with E-state index in [1.807, 2.05) is 6.07 Å². The molecule has 0 bridgehead atoms. The third-order valence-electron chi connectivity index (χ3n) is 4.58. The van der Waals surface area contributed by atoms with Crippen molar-refractivity contribution in [1.29, 1.82) is 5.26 Å². The van der Waals surface area contributed by atoms with Gasteiger partial charge in [-0.05, 0) is 44.0 Å². The lowest BCUT2D eigenvalue weighted by Gasteiger charge is -2.30. The molecule has 4 N–H and O–H groups in total. The van der Waals surface area contributed by atoms with Crippen LogP contribution in [0, 0.1) is 11.3 Å². The number of carbonyl (C=O) groups is 2. The second kappa shape index (κ2) is 8.10. The number of piperidine rings is 1. The summed E-state index contributed by atoms with van der Waals surface area (Å²) < 4.78 is 7.04. The van der Waals surface area contributed by atoms with Crippen LogP contribution in [0.3, 0.4) is 0 Å². The Morgan fingerprint density at radius 1 is 1.36 bits per heavy atom. The zero-order chi connectivity index (χ0) is 20.3. The van der Waals surface area contributed by atoms with Gasteiger partial charge in [-0.1, -0.05) is 0 Å². The van der Waals surface area contributed by atoms with E-state index in [4.69, 9.17) is 21.5 Å². The smallest absolute Gasteiger partial charge is 0.274 e. The Labute approximate surface area is 162 Å². The summed E-state index contributed by atoms with van der Waals surface area (Å²) in [5, 5.41) is 13.3. The molecule has 0 saturated carbocycles. The van der Waals surface area contributed by atoms with E-state index in [2.05, 4.69) is 5.10 Å². The number of carbonyl (C=O) groups excluding carboxylic acids is 2. The summed E-state index contributed by atoms with van der Waals surface area (Å²) in [5.74, 6) is -0.678. The number of primary amides is 1. The summed E-state index contributed by atoms with van der Waals surface area (Å²) >= 11 is 0. The Morgan fingerprint density at radius 2 is 2.07 bits per heavy atom. The van der Waals surface area contributed by atoms with Gasteiger partial charge in [0.2, 0.25) is 5.88 Å². The van der Waals surface area contributed by atoms with Crippen LogP contribution in [0.15, 0.2) is 30.3 Å². The molecule has 0 spiro atoms. The number of benzene rings is 1. The number of hydrogen-bond acceptors (Lipinski definition) is 6. The molecule has 1 aliphatic rings. The lowest BCUT2D eigenvalue weighted by atomic mass is 10.1. The first-order valence-electron chi connectivity index (χ1n) is 9.00. The van der Waals surface area contributed by atoms with Crippen molar-refractivity contribution in [1.82, 2.24) is 14.7 Å². The second-order valence-corrected chi connectivity index (χ2v) is 6.75. The normalized spacial score (nSPS) is 17.6. The summed E-state index contributed by atoms with van der Waals surface area (Å²) in [7, 11) is 0. The average Bonchev–Trinajstić information content (AvgIpc) is 3.11. The van der Waals surface area contributed by atoms with Crippen molar-refractivity contribution in [3.05, 3.63) is 41.6 Å². The number of likely N-dealkylation sites (tertiary alicyclic amines) is 1. The van der Waals surface area contributed by atoms with Gasteiger partial charge in [0.25, 0.3) is 11.8 Å². The topological polar surface area (TPSA) is 140 Å². The van der Waals surface area contributed by atoms with Gasteiger partial charge < -0.3 is 21.1 Å². The van der Waals surface area contributed by atoms with Gasteiger partial charge in [-0.15, -0.1) is 0 Å². The molecule has 1 unspecified atom stereocenters. The summed E-state index contributed by atoms with van der Waals surface area (Å²) in [6, 6.07) is 10.1. The fraction of sp³-hybridized carbons (Fsp3) is 0.368. The maximum absolute atomic E-state index is 12.9. The Morgan fingerprint density at radius 3 is 2.68 bits per heavy atom. The Balaban J connectivity index is 1.95. The van der Waals surface area contributed by atoms with Crippen LogP contribution in [0.1, 0.15) is 35.8 Å². The molecule has 1 saturated heterocycles. The van der Waals surface area contributed by atoms with Gasteiger partial charge in [-0.25, -0.2) is 4.68 Å². The molecular weight excluding hydrogens is 360 g/mol. The van der Waals surface area contributed by atoms with Gasteiger partial charge in [0.15, 0.2) is 11.8 Å². The Bertz CT molecular complexity index is 915. The maximum atomic E-state index is 12.9. The van der Waals surface area contributed by atoms with Crippen molar-refractivity contribution in [2.24, 2.45) is 11.5 Å². The number of nitrogens with zero attached hydrogens (tertiary/aromatic N) is 4. The summed E-state index contributed by atoms with van der Waals surface area (Å²) in [6.07, 6.45) is 0.819. The number of aromatic nitrogens is 2. The zero-order valence-electron chi connectivity index (χ0n) is 15.5. The van der Waals surface area contributed by atoms with Gasteiger partial charge in [-0.3, -0.25) is 9.59 Å². The van der Waals surface area contributed by atoms with Crippen LogP contribution in [-0.2, 0) is 4.79 Å². The van der Waals surface area contributed by atoms with E-state index in [0.29, 0.717) is 24.3 Å². The zero-order valence-corrected chi connectivity index (χ0v) is 15.5. The van der Waals surface area contributed by atoms with Crippen molar-refractivity contribution < 1.29 is 14.3 Å². The van der Waals surface area contributed by atoms with E-state index in [-0.39, 0.29) is 23.5 Å². The predicted octanol–water partition coefficient (Wildman–Crippen LogP) is 0.560. The lowest BCUT2D eigenvalue weighted by Crippen LogP contribution is -2.45. The van der Waals surface area contributed by atoms with E-state index in [1.54, 1.807) is 29.2 Å². The number of nitriles is 1. The highest BCUT2D eigenvalue weighted by molar-refractivity contribution is 5.93. The van der Waals surface area contributed by atoms with E-state index in [1.165, 1.54) is 17.7 Å². The molecular formula is C19H22N6O3. The van der Waals surface area contributed by atoms with Crippen molar-refractivity contribution >= 4 is 11.8 Å². The molecule has 2 atom stereocenters. The van der Waals surface area contributed by atoms with Gasteiger partial charge in [0.05, 0.1) is 17.3 Å². The first-order chi connectivity index (χ1) is 13.4. The van der Waals surface area contributed by atoms with E-state index < -0.39 is 12.0 Å². The van der Waals surface area contributed by atoms with Crippen molar-refractivity contribution in [3.8, 4) is 17.6 Å². The predicted molar refractivity (Wildman–Crippen MR) is 101 cm³/mol. The van der Waals surface area contributed by atoms with Crippen molar-refractivity contribution in [2.45, 2.75) is 31.9 Å². The fourth-order valence-electron chi connectivity index (χ4n) is 3.01. The fourth-order valence-corrected chi connectivity index (χ4v) is 3.01. The van der Waals surface area contributed by atoms with Gasteiger partial charge in [-0.2, -0.15) is 10.4 Å². The minimum absolute atomic E-state index is 0.0519. The highest BCUT2D eigenvalue weighted by Gasteiger charge is 2.26. The molecule has 1 aliphatic heterocycles. The molecule has 28 heavy (non-hydrogen) atoms. The van der Waals surface area contributed by atoms with Crippen LogP contribution in [0.2, 0.25) is 0 Å². The van der Waals surface area contributed by atoms with Crippen LogP contribution in [0.25, 0.3) is 5.69 Å². The van der Waals surface area contributed by atoms with Crippen LogP contribution in [0.5, 0.6) is 5.88 Å². The molecule has 146 valence electrons. The van der Waals surface area contributed by atoms with E-state index >= 15 is 0 Å². The third kappa shape index (κ3) is 4.13. The first-order valence-corrected chi connectivity index (χ1v) is 9.00. The van der Waals surface area contributed by atoms with Crippen molar-refractivity contribution in [3.63, 3.8) is 0 Å². The van der Waals surface area contributed by atoms with Crippen LogP contribution < -0.4 is 16.2 Å². The molecule has 0 radical (unpaired) electrons. The van der Waals surface area contributed by atoms with E-state index in [0.717, 1.165) is 12.8 Å². The molecule has 2 aromatic rings. The number of amides is 2. The minimum Gasteiger partial charge on any atom is -0.464 e. The largest absolute Gasteiger partial charge is 0.464 e. The first kappa shape index (κ1) is 19.4. The molecule has 3 rings (SSSR count). The molecule has 1 aromatic heterocycles. The Kier molecular flexibility index (Phi) is 5.61. The molecule has 0 aliphatic carbocycles. The second-order valence-electron chi connectivity index (χ2n) is 6.75. The number of ether oxygens (including phenoxy) is 1. The monoisotopic (exact) mass is 382 g/mol. The molecule has 1 aromatic carbocycles. The summed E-state index contributed by atoms with van der Waals surface area (Å²) in [5.41, 5.74) is 12.5. The van der Waals surface area contributed by atoms with E-state index in [9.17, 15) is 9.59 Å². The Hall–Kier alpha value is -3.38. The average molecular weight is 382 g/mol. The SMILES string of the molecule is CC(Oc1cc(C(=O)N2CCC[C@@H](N)C2)nn1-c1ccc(C#N)cc1)C(N)=O. The summed E-state index contributed by atoms with van der Waals surface area (Å²) in [4.78, 5) is 25.9. The molecule has 9 nitrogen and oxygen atoms in total. The van der Waals surface area contributed by atoms with Gasteiger partial charge in [0.1, 0.15) is 0 Å². The summed E-state index contributed by atoms with van der Waals surface area (Å²) in [6.45, 7) is 2.60. The number of nitrogens with two attached hydrogens (primary N) is 2.